The van der Waals surface area contributed by atoms with Gasteiger partial charge in [-0.15, -0.1) is 0 Å². The van der Waals surface area contributed by atoms with E-state index in [4.69, 9.17) is 4.74 Å². The first kappa shape index (κ1) is 16.4. The Morgan fingerprint density at radius 2 is 2.00 bits per heavy atom. The van der Waals surface area contributed by atoms with E-state index in [0.717, 1.165) is 6.42 Å². The molecule has 0 amide bonds. The molecule has 102 valence electrons. The maximum Gasteiger partial charge on any atom is 0.325 e. The summed E-state index contributed by atoms with van der Waals surface area (Å²) in [6, 6.07) is -0.363. The van der Waals surface area contributed by atoms with Gasteiger partial charge in [-0.05, 0) is 20.4 Å². The molecule has 17 heavy (non-hydrogen) atoms. The largest absolute Gasteiger partial charge is 0.468 e. The standard InChI is InChI=1S/C13H27NO3/c1-5-6-7-8-9-11(2)17-10-12(14-3)13(15)16-4/h11-12,14H,5-10H2,1-4H3. The van der Waals surface area contributed by atoms with E-state index >= 15 is 0 Å². The Labute approximate surface area is 105 Å². The maximum atomic E-state index is 11.3. The fraction of sp³-hybridized carbons (Fsp3) is 0.923. The Balaban J connectivity index is 3.66. The molecule has 0 heterocycles. The van der Waals surface area contributed by atoms with Crippen LogP contribution in [0.25, 0.3) is 0 Å². The van der Waals surface area contributed by atoms with Crippen LogP contribution in [0.4, 0.5) is 0 Å². The summed E-state index contributed by atoms with van der Waals surface area (Å²) in [7, 11) is 3.12. The molecular formula is C13H27NO3. The van der Waals surface area contributed by atoms with Crippen molar-refractivity contribution in [3.63, 3.8) is 0 Å². The van der Waals surface area contributed by atoms with Crippen LogP contribution in [0.15, 0.2) is 0 Å². The van der Waals surface area contributed by atoms with Crippen molar-refractivity contribution in [3.05, 3.63) is 0 Å². The zero-order chi connectivity index (χ0) is 13.1. The molecule has 0 aromatic heterocycles. The molecule has 0 radical (unpaired) electrons. The quantitative estimate of drug-likeness (QED) is 0.473. The Kier molecular flexibility index (Phi) is 10.2. The lowest BCUT2D eigenvalue weighted by Gasteiger charge is -2.18. The molecular weight excluding hydrogens is 218 g/mol. The number of ether oxygens (including phenoxy) is 2. The zero-order valence-corrected chi connectivity index (χ0v) is 11.6. The molecule has 2 unspecified atom stereocenters. The van der Waals surface area contributed by atoms with E-state index in [1.165, 1.54) is 32.8 Å². The van der Waals surface area contributed by atoms with Gasteiger partial charge in [-0.3, -0.25) is 4.79 Å². The van der Waals surface area contributed by atoms with Gasteiger partial charge in [-0.1, -0.05) is 32.6 Å². The lowest BCUT2D eigenvalue weighted by Crippen LogP contribution is -2.40. The molecule has 0 saturated heterocycles. The number of nitrogens with one attached hydrogen (secondary N) is 1. The smallest absolute Gasteiger partial charge is 0.325 e. The summed E-state index contributed by atoms with van der Waals surface area (Å²) in [5, 5.41) is 2.88. The predicted octanol–water partition coefficient (Wildman–Crippen LogP) is 2.12. The van der Waals surface area contributed by atoms with Crippen molar-refractivity contribution in [2.75, 3.05) is 20.8 Å². The summed E-state index contributed by atoms with van der Waals surface area (Å²) >= 11 is 0. The van der Waals surface area contributed by atoms with Gasteiger partial charge in [0.15, 0.2) is 0 Å². The minimum Gasteiger partial charge on any atom is -0.468 e. The van der Waals surface area contributed by atoms with E-state index in [9.17, 15) is 4.79 Å². The first-order chi connectivity index (χ1) is 8.15. The van der Waals surface area contributed by atoms with E-state index in [2.05, 4.69) is 23.9 Å². The summed E-state index contributed by atoms with van der Waals surface area (Å²) in [5.74, 6) is -0.273. The summed E-state index contributed by atoms with van der Waals surface area (Å²) in [5.41, 5.74) is 0. The van der Waals surface area contributed by atoms with Crippen LogP contribution in [0.2, 0.25) is 0 Å². The summed E-state index contributed by atoms with van der Waals surface area (Å²) in [6.45, 7) is 4.63. The Hall–Kier alpha value is -0.610. The molecule has 0 fully saturated rings. The number of carbonyl (C=O) groups excluding carboxylic acids is 1. The number of hydrogen-bond donors (Lipinski definition) is 1. The number of hydrogen-bond acceptors (Lipinski definition) is 4. The number of likely N-dealkylation sites (N-methyl/N-ethyl adjacent to an activating group) is 1. The minimum absolute atomic E-state index is 0.201. The van der Waals surface area contributed by atoms with Crippen LogP contribution in [-0.4, -0.2) is 38.9 Å². The highest BCUT2D eigenvalue weighted by Gasteiger charge is 2.17. The van der Waals surface area contributed by atoms with Crippen LogP contribution in [0.1, 0.15) is 46.0 Å². The average Bonchev–Trinajstić information content (AvgIpc) is 2.35. The number of methoxy groups -OCH3 is 1. The first-order valence-corrected chi connectivity index (χ1v) is 6.52. The van der Waals surface area contributed by atoms with Gasteiger partial charge in [0.05, 0.1) is 19.8 Å². The van der Waals surface area contributed by atoms with Crippen LogP contribution < -0.4 is 5.32 Å². The van der Waals surface area contributed by atoms with E-state index in [1.807, 2.05) is 0 Å². The molecule has 0 aliphatic heterocycles. The summed E-state index contributed by atoms with van der Waals surface area (Å²) < 4.78 is 10.3. The van der Waals surface area contributed by atoms with Gasteiger partial charge >= 0.3 is 5.97 Å². The first-order valence-electron chi connectivity index (χ1n) is 6.52. The third-order valence-electron chi connectivity index (χ3n) is 2.85. The SMILES string of the molecule is CCCCCCC(C)OCC(NC)C(=O)OC. The Bertz CT molecular complexity index is 197. The fourth-order valence-corrected chi connectivity index (χ4v) is 1.61. The van der Waals surface area contributed by atoms with Crippen LogP contribution in [0, 0.1) is 0 Å². The van der Waals surface area contributed by atoms with Gasteiger partial charge in [-0.2, -0.15) is 0 Å². The maximum absolute atomic E-state index is 11.3. The molecule has 4 heteroatoms. The lowest BCUT2D eigenvalue weighted by atomic mass is 10.1. The van der Waals surface area contributed by atoms with Crippen LogP contribution in [0.3, 0.4) is 0 Å². The average molecular weight is 245 g/mol. The van der Waals surface area contributed by atoms with Crippen LogP contribution in [-0.2, 0) is 14.3 Å². The molecule has 0 spiro atoms. The molecule has 4 nitrogen and oxygen atoms in total. The molecule has 0 aliphatic rings. The van der Waals surface area contributed by atoms with Crippen LogP contribution in [0.5, 0.6) is 0 Å². The van der Waals surface area contributed by atoms with E-state index in [0.29, 0.717) is 6.61 Å². The summed E-state index contributed by atoms with van der Waals surface area (Å²) in [4.78, 5) is 11.3. The molecule has 0 aliphatic carbocycles. The highest BCUT2D eigenvalue weighted by Crippen LogP contribution is 2.08. The Morgan fingerprint density at radius 3 is 2.53 bits per heavy atom. The number of rotatable bonds is 10. The third kappa shape index (κ3) is 8.16. The second-order valence-corrected chi connectivity index (χ2v) is 4.36. The van der Waals surface area contributed by atoms with Crippen molar-refractivity contribution in [1.82, 2.24) is 5.32 Å². The van der Waals surface area contributed by atoms with Crippen molar-refractivity contribution >= 4 is 5.97 Å². The van der Waals surface area contributed by atoms with Crippen molar-refractivity contribution in [2.24, 2.45) is 0 Å². The van der Waals surface area contributed by atoms with E-state index < -0.39 is 0 Å². The molecule has 0 bridgehead atoms. The minimum atomic E-state index is -0.363. The van der Waals surface area contributed by atoms with Gasteiger partial charge in [-0.25, -0.2) is 0 Å². The van der Waals surface area contributed by atoms with Crippen molar-refractivity contribution < 1.29 is 14.3 Å². The highest BCUT2D eigenvalue weighted by molar-refractivity contribution is 5.75. The van der Waals surface area contributed by atoms with Gasteiger partial charge in [0.25, 0.3) is 0 Å². The highest BCUT2D eigenvalue weighted by atomic mass is 16.5. The molecule has 1 N–H and O–H groups in total. The van der Waals surface area contributed by atoms with Crippen molar-refractivity contribution in [3.8, 4) is 0 Å². The molecule has 0 saturated carbocycles. The van der Waals surface area contributed by atoms with Gasteiger partial charge in [0.1, 0.15) is 6.04 Å². The molecule has 0 aromatic carbocycles. The fourth-order valence-electron chi connectivity index (χ4n) is 1.61. The van der Waals surface area contributed by atoms with E-state index in [-0.39, 0.29) is 18.1 Å². The second-order valence-electron chi connectivity index (χ2n) is 4.36. The lowest BCUT2D eigenvalue weighted by molar-refractivity contribution is -0.145. The number of unbranched alkanes of at least 4 members (excludes halogenated alkanes) is 3. The second kappa shape index (κ2) is 10.5. The van der Waals surface area contributed by atoms with Gasteiger partial charge in [0, 0.05) is 0 Å². The normalized spacial score (nSPS) is 14.4. The number of carbonyl (C=O) groups is 1. The van der Waals surface area contributed by atoms with Gasteiger partial charge < -0.3 is 14.8 Å². The third-order valence-corrected chi connectivity index (χ3v) is 2.85. The Morgan fingerprint density at radius 1 is 1.29 bits per heavy atom. The topological polar surface area (TPSA) is 47.6 Å². The monoisotopic (exact) mass is 245 g/mol. The predicted molar refractivity (Wildman–Crippen MR) is 69.0 cm³/mol. The molecule has 2 atom stereocenters. The van der Waals surface area contributed by atoms with Gasteiger partial charge in [0.2, 0.25) is 0 Å². The van der Waals surface area contributed by atoms with Crippen molar-refractivity contribution in [2.45, 2.75) is 58.1 Å². The molecule has 0 aromatic rings. The van der Waals surface area contributed by atoms with E-state index in [1.54, 1.807) is 7.05 Å². The number of esters is 1. The molecule has 0 rings (SSSR count). The van der Waals surface area contributed by atoms with Crippen molar-refractivity contribution in [1.29, 1.82) is 0 Å². The zero-order valence-electron chi connectivity index (χ0n) is 11.6. The van der Waals surface area contributed by atoms with Crippen LogP contribution >= 0.6 is 0 Å². The summed E-state index contributed by atoms with van der Waals surface area (Å²) in [6.07, 6.45) is 6.24.